The fourth-order valence-corrected chi connectivity index (χ4v) is 3.06. The monoisotopic (exact) mass is 392 g/mol. The first-order valence-corrected chi connectivity index (χ1v) is 9.24. The van der Waals surface area contributed by atoms with Crippen LogP contribution in [0.5, 0.6) is 11.5 Å². The van der Waals surface area contributed by atoms with Crippen molar-refractivity contribution in [3.05, 3.63) is 96.1 Å². The SMILES string of the molecule is COc1ccccc1OC(NC(=O)c1ccccc1)(c1ccccc1)C(O)CN. The molecule has 0 radical (unpaired) electrons. The Labute approximate surface area is 169 Å². The topological polar surface area (TPSA) is 93.8 Å². The lowest BCUT2D eigenvalue weighted by Gasteiger charge is -2.39. The lowest BCUT2D eigenvalue weighted by Crippen LogP contribution is -2.60. The summed E-state index contributed by atoms with van der Waals surface area (Å²) in [6.07, 6.45) is -1.23. The van der Waals surface area contributed by atoms with Crippen LogP contribution in [0.15, 0.2) is 84.9 Å². The number of hydrogen-bond acceptors (Lipinski definition) is 5. The van der Waals surface area contributed by atoms with E-state index in [0.29, 0.717) is 22.6 Å². The molecule has 6 nitrogen and oxygen atoms in total. The molecule has 0 spiro atoms. The molecule has 0 saturated heterocycles. The largest absolute Gasteiger partial charge is 0.493 e. The fraction of sp³-hybridized carbons (Fsp3) is 0.174. The first-order valence-electron chi connectivity index (χ1n) is 9.24. The van der Waals surface area contributed by atoms with Gasteiger partial charge in [0.1, 0.15) is 6.10 Å². The van der Waals surface area contributed by atoms with Crippen molar-refractivity contribution in [3.8, 4) is 11.5 Å². The highest BCUT2D eigenvalue weighted by atomic mass is 16.6. The van der Waals surface area contributed by atoms with E-state index in [4.69, 9.17) is 15.2 Å². The molecule has 3 aromatic carbocycles. The van der Waals surface area contributed by atoms with Gasteiger partial charge in [-0.05, 0) is 24.3 Å². The number of benzene rings is 3. The number of carbonyl (C=O) groups excluding carboxylic acids is 1. The van der Waals surface area contributed by atoms with Gasteiger partial charge in [0.2, 0.25) is 5.72 Å². The average Bonchev–Trinajstić information content (AvgIpc) is 2.79. The van der Waals surface area contributed by atoms with Crippen molar-refractivity contribution in [2.24, 2.45) is 5.73 Å². The molecule has 4 N–H and O–H groups in total. The van der Waals surface area contributed by atoms with E-state index in [1.165, 1.54) is 7.11 Å². The Morgan fingerprint density at radius 3 is 2.10 bits per heavy atom. The smallest absolute Gasteiger partial charge is 0.254 e. The molecule has 2 unspecified atom stereocenters. The van der Waals surface area contributed by atoms with Crippen LogP contribution in [0.1, 0.15) is 15.9 Å². The molecular weight excluding hydrogens is 368 g/mol. The van der Waals surface area contributed by atoms with Gasteiger partial charge < -0.3 is 25.6 Å². The molecule has 0 aliphatic rings. The first kappa shape index (κ1) is 20.4. The van der Waals surface area contributed by atoms with E-state index >= 15 is 0 Å². The Bertz CT molecular complexity index is 934. The van der Waals surface area contributed by atoms with Gasteiger partial charge in [-0.25, -0.2) is 0 Å². The minimum absolute atomic E-state index is 0.140. The number of ether oxygens (including phenoxy) is 2. The third-order valence-corrected chi connectivity index (χ3v) is 4.57. The third kappa shape index (κ3) is 4.39. The number of nitrogens with two attached hydrogens (primary N) is 1. The van der Waals surface area contributed by atoms with Crippen LogP contribution in [-0.4, -0.2) is 30.8 Å². The van der Waals surface area contributed by atoms with E-state index in [1.54, 1.807) is 72.8 Å². The molecular formula is C23H24N2O4. The minimum atomic E-state index is -1.63. The lowest BCUT2D eigenvalue weighted by atomic mass is 9.95. The highest BCUT2D eigenvalue weighted by molar-refractivity contribution is 5.94. The number of rotatable bonds is 8. The predicted molar refractivity (Wildman–Crippen MR) is 111 cm³/mol. The molecule has 0 fully saturated rings. The van der Waals surface area contributed by atoms with Crippen molar-refractivity contribution in [1.29, 1.82) is 0 Å². The summed E-state index contributed by atoms with van der Waals surface area (Å²) >= 11 is 0. The Kier molecular flexibility index (Phi) is 6.49. The molecule has 3 rings (SSSR count). The van der Waals surface area contributed by atoms with E-state index < -0.39 is 17.7 Å². The van der Waals surface area contributed by atoms with Gasteiger partial charge in [-0.3, -0.25) is 4.79 Å². The molecule has 0 aliphatic heterocycles. The number of aliphatic hydroxyl groups excluding tert-OH is 1. The van der Waals surface area contributed by atoms with Crippen LogP contribution in [-0.2, 0) is 5.72 Å². The highest BCUT2D eigenvalue weighted by Crippen LogP contribution is 2.35. The average molecular weight is 392 g/mol. The van der Waals surface area contributed by atoms with Gasteiger partial charge in [0.05, 0.1) is 7.11 Å². The Hall–Kier alpha value is -3.35. The summed E-state index contributed by atoms with van der Waals surface area (Å²) in [5.41, 5.74) is 5.17. The van der Waals surface area contributed by atoms with Gasteiger partial charge in [-0.1, -0.05) is 60.7 Å². The zero-order chi connectivity index (χ0) is 20.7. The standard InChI is InChI=1S/C23H24N2O4/c1-28-19-14-8-9-15-20(19)29-23(21(26)16-24,18-12-6-3-7-13-18)25-22(27)17-10-4-2-5-11-17/h2-15,21,26H,16,24H2,1H3,(H,25,27). The van der Waals surface area contributed by atoms with Gasteiger partial charge in [0.25, 0.3) is 5.91 Å². The van der Waals surface area contributed by atoms with Crippen molar-refractivity contribution in [2.45, 2.75) is 11.8 Å². The number of aliphatic hydroxyl groups is 1. The Balaban J connectivity index is 2.11. The lowest BCUT2D eigenvalue weighted by molar-refractivity contribution is -0.0741. The van der Waals surface area contributed by atoms with Gasteiger partial charge in [0.15, 0.2) is 11.5 Å². The number of methoxy groups -OCH3 is 1. The van der Waals surface area contributed by atoms with Crippen molar-refractivity contribution in [1.82, 2.24) is 5.32 Å². The number of hydrogen-bond donors (Lipinski definition) is 3. The molecule has 2 atom stereocenters. The molecule has 0 aliphatic carbocycles. The maximum absolute atomic E-state index is 13.0. The van der Waals surface area contributed by atoms with E-state index in [-0.39, 0.29) is 6.54 Å². The summed E-state index contributed by atoms with van der Waals surface area (Å²) in [5.74, 6) is 0.419. The summed E-state index contributed by atoms with van der Waals surface area (Å²) in [4.78, 5) is 13.0. The molecule has 0 saturated carbocycles. The number of nitrogens with one attached hydrogen (secondary N) is 1. The summed E-state index contributed by atoms with van der Waals surface area (Å²) in [5, 5.41) is 13.8. The van der Waals surface area contributed by atoms with Crippen molar-refractivity contribution >= 4 is 5.91 Å². The van der Waals surface area contributed by atoms with Crippen LogP contribution in [0, 0.1) is 0 Å². The second-order valence-corrected chi connectivity index (χ2v) is 6.43. The first-order chi connectivity index (χ1) is 14.1. The van der Waals surface area contributed by atoms with E-state index in [9.17, 15) is 9.90 Å². The normalized spacial score (nSPS) is 13.8. The Morgan fingerprint density at radius 2 is 1.52 bits per heavy atom. The van der Waals surface area contributed by atoms with E-state index in [0.717, 1.165) is 0 Å². The predicted octanol–water partition coefficient (Wildman–Crippen LogP) is 2.68. The molecule has 1 amide bonds. The van der Waals surface area contributed by atoms with Gasteiger partial charge >= 0.3 is 0 Å². The number of carbonyl (C=O) groups is 1. The van der Waals surface area contributed by atoms with Crippen LogP contribution in [0.4, 0.5) is 0 Å². The third-order valence-electron chi connectivity index (χ3n) is 4.57. The quantitative estimate of drug-likeness (QED) is 0.513. The second kappa shape index (κ2) is 9.23. The number of para-hydroxylation sites is 2. The molecule has 3 aromatic rings. The van der Waals surface area contributed by atoms with Crippen LogP contribution in [0.3, 0.4) is 0 Å². The fourth-order valence-electron chi connectivity index (χ4n) is 3.06. The summed E-state index contributed by atoms with van der Waals surface area (Å²) in [6, 6.07) is 24.7. The summed E-state index contributed by atoms with van der Waals surface area (Å²) in [7, 11) is 1.52. The van der Waals surface area contributed by atoms with Crippen molar-refractivity contribution < 1.29 is 19.4 Å². The molecule has 29 heavy (non-hydrogen) atoms. The van der Waals surface area contributed by atoms with Crippen LogP contribution >= 0.6 is 0 Å². The zero-order valence-corrected chi connectivity index (χ0v) is 16.1. The van der Waals surface area contributed by atoms with Crippen molar-refractivity contribution in [3.63, 3.8) is 0 Å². The van der Waals surface area contributed by atoms with Crippen molar-refractivity contribution in [2.75, 3.05) is 13.7 Å². The molecule has 150 valence electrons. The van der Waals surface area contributed by atoms with Gasteiger partial charge in [0, 0.05) is 17.7 Å². The molecule has 0 heterocycles. The summed E-state index contributed by atoms with van der Waals surface area (Å²) in [6.45, 7) is -0.140. The molecule has 6 heteroatoms. The Morgan fingerprint density at radius 1 is 0.966 bits per heavy atom. The van der Waals surface area contributed by atoms with Crippen LogP contribution in [0.25, 0.3) is 0 Å². The zero-order valence-electron chi connectivity index (χ0n) is 16.1. The van der Waals surface area contributed by atoms with Crippen LogP contribution < -0.4 is 20.5 Å². The van der Waals surface area contributed by atoms with E-state index in [2.05, 4.69) is 5.32 Å². The molecule has 0 bridgehead atoms. The molecule has 0 aromatic heterocycles. The maximum atomic E-state index is 13.0. The summed E-state index contributed by atoms with van der Waals surface area (Å²) < 4.78 is 11.6. The maximum Gasteiger partial charge on any atom is 0.254 e. The van der Waals surface area contributed by atoms with Gasteiger partial charge in [-0.15, -0.1) is 0 Å². The van der Waals surface area contributed by atoms with E-state index in [1.807, 2.05) is 12.1 Å². The minimum Gasteiger partial charge on any atom is -0.493 e. The second-order valence-electron chi connectivity index (χ2n) is 6.43. The highest BCUT2D eigenvalue weighted by Gasteiger charge is 2.44. The van der Waals surface area contributed by atoms with Crippen LogP contribution in [0.2, 0.25) is 0 Å². The number of amides is 1. The van der Waals surface area contributed by atoms with Gasteiger partial charge in [-0.2, -0.15) is 0 Å².